The molecule has 0 amide bonds. The van der Waals surface area contributed by atoms with Crippen LogP contribution in [0.1, 0.15) is 19.3 Å². The molecule has 2 unspecified atom stereocenters. The van der Waals surface area contributed by atoms with Gasteiger partial charge in [0, 0.05) is 31.2 Å². The van der Waals surface area contributed by atoms with E-state index in [9.17, 15) is 9.18 Å². The molecule has 0 spiro atoms. The van der Waals surface area contributed by atoms with Gasteiger partial charge in [-0.1, -0.05) is 6.07 Å². The van der Waals surface area contributed by atoms with Crippen molar-refractivity contribution >= 4 is 11.7 Å². The quantitative estimate of drug-likeness (QED) is 0.856. The van der Waals surface area contributed by atoms with Gasteiger partial charge in [0.05, 0.1) is 7.11 Å². The van der Waals surface area contributed by atoms with E-state index in [-0.39, 0.29) is 17.8 Å². The van der Waals surface area contributed by atoms with Crippen LogP contribution in [0.15, 0.2) is 24.3 Å². The van der Waals surface area contributed by atoms with Gasteiger partial charge in [0.15, 0.2) is 0 Å². The van der Waals surface area contributed by atoms with Gasteiger partial charge < -0.3 is 15.4 Å². The number of carbonyl (C=O) groups excluding carboxylic acids is 1. The molecule has 5 heteroatoms. The minimum Gasteiger partial charge on any atom is -0.469 e. The number of rotatable bonds is 4. The molecule has 1 fully saturated rings. The summed E-state index contributed by atoms with van der Waals surface area (Å²) in [5.74, 6) is -0.102. The Morgan fingerprint density at radius 3 is 3.00 bits per heavy atom. The Labute approximate surface area is 118 Å². The average Bonchev–Trinajstić information content (AvgIpc) is 2.44. The van der Waals surface area contributed by atoms with Gasteiger partial charge in [-0.25, -0.2) is 4.39 Å². The van der Waals surface area contributed by atoms with Crippen molar-refractivity contribution in [3.63, 3.8) is 0 Å². The first kappa shape index (κ1) is 14.8. The number of benzene rings is 1. The Morgan fingerprint density at radius 2 is 2.30 bits per heavy atom. The highest BCUT2D eigenvalue weighted by molar-refractivity contribution is 5.69. The largest absolute Gasteiger partial charge is 0.469 e. The summed E-state index contributed by atoms with van der Waals surface area (Å²) in [6.45, 7) is 1.52. The van der Waals surface area contributed by atoms with Gasteiger partial charge in [0.1, 0.15) is 5.82 Å². The van der Waals surface area contributed by atoms with Crippen LogP contribution >= 0.6 is 0 Å². The topological polar surface area (TPSA) is 55.6 Å². The van der Waals surface area contributed by atoms with Gasteiger partial charge in [0.2, 0.25) is 0 Å². The summed E-state index contributed by atoms with van der Waals surface area (Å²) in [6.07, 6.45) is 2.06. The molecule has 1 aliphatic rings. The number of ether oxygens (including phenoxy) is 1. The van der Waals surface area contributed by atoms with Crippen molar-refractivity contribution in [3.05, 3.63) is 30.1 Å². The molecule has 110 valence electrons. The third-order valence-corrected chi connectivity index (χ3v) is 3.73. The summed E-state index contributed by atoms with van der Waals surface area (Å²) in [4.78, 5) is 13.3. The Bertz CT molecular complexity index is 467. The summed E-state index contributed by atoms with van der Waals surface area (Å²) in [6, 6.07) is 6.60. The van der Waals surface area contributed by atoms with Crippen LogP contribution < -0.4 is 10.6 Å². The van der Waals surface area contributed by atoms with E-state index in [4.69, 9.17) is 5.73 Å². The summed E-state index contributed by atoms with van der Waals surface area (Å²) in [7, 11) is 1.40. The number of carbonyl (C=O) groups is 1. The molecule has 1 aromatic rings. The number of nitrogens with two attached hydrogens (primary N) is 1. The van der Waals surface area contributed by atoms with Crippen LogP contribution in [0.25, 0.3) is 0 Å². The molecule has 0 aliphatic carbocycles. The first-order chi connectivity index (χ1) is 9.58. The number of piperidine rings is 1. The summed E-state index contributed by atoms with van der Waals surface area (Å²) < 4.78 is 18.0. The third-order valence-electron chi connectivity index (χ3n) is 3.73. The summed E-state index contributed by atoms with van der Waals surface area (Å²) >= 11 is 0. The molecule has 4 nitrogen and oxygen atoms in total. The van der Waals surface area contributed by atoms with Crippen LogP contribution in [0.5, 0.6) is 0 Å². The predicted octanol–water partition coefficient (Wildman–Crippen LogP) is 1.93. The zero-order chi connectivity index (χ0) is 14.5. The maximum atomic E-state index is 13.3. The van der Waals surface area contributed by atoms with Crippen LogP contribution in [0.4, 0.5) is 10.1 Å². The van der Waals surface area contributed by atoms with Crippen LogP contribution in [0.3, 0.4) is 0 Å². The van der Waals surface area contributed by atoms with E-state index >= 15 is 0 Å². The molecule has 0 saturated carbocycles. The van der Waals surface area contributed by atoms with Crippen molar-refractivity contribution in [3.8, 4) is 0 Å². The Kier molecular flexibility index (Phi) is 4.95. The van der Waals surface area contributed by atoms with E-state index in [1.807, 2.05) is 6.07 Å². The Morgan fingerprint density at radius 1 is 1.50 bits per heavy atom. The number of halogens is 1. The molecule has 0 radical (unpaired) electrons. The monoisotopic (exact) mass is 280 g/mol. The van der Waals surface area contributed by atoms with Gasteiger partial charge in [-0.05, 0) is 37.0 Å². The second kappa shape index (κ2) is 6.70. The van der Waals surface area contributed by atoms with Gasteiger partial charge in [0.25, 0.3) is 0 Å². The highest BCUT2D eigenvalue weighted by Crippen LogP contribution is 2.26. The fourth-order valence-electron chi connectivity index (χ4n) is 2.76. The molecule has 2 rings (SSSR count). The van der Waals surface area contributed by atoms with Gasteiger partial charge in [-0.2, -0.15) is 0 Å². The van der Waals surface area contributed by atoms with Crippen LogP contribution in [0.2, 0.25) is 0 Å². The van der Waals surface area contributed by atoms with E-state index in [0.717, 1.165) is 31.6 Å². The SMILES string of the molecule is COC(=O)CCC1CC(N)CN(c2cccc(F)c2)C1. The van der Waals surface area contributed by atoms with E-state index in [2.05, 4.69) is 9.64 Å². The van der Waals surface area contributed by atoms with Crippen molar-refractivity contribution < 1.29 is 13.9 Å². The number of esters is 1. The maximum Gasteiger partial charge on any atom is 0.305 e. The molecule has 0 bridgehead atoms. The lowest BCUT2D eigenvalue weighted by Gasteiger charge is -2.37. The van der Waals surface area contributed by atoms with Crippen molar-refractivity contribution in [2.75, 3.05) is 25.1 Å². The fourth-order valence-corrected chi connectivity index (χ4v) is 2.76. The number of anilines is 1. The third kappa shape index (κ3) is 3.93. The highest BCUT2D eigenvalue weighted by atomic mass is 19.1. The molecular formula is C15H21FN2O2. The Balaban J connectivity index is 1.99. The summed E-state index contributed by atoms with van der Waals surface area (Å²) in [5.41, 5.74) is 6.93. The average molecular weight is 280 g/mol. The molecule has 1 saturated heterocycles. The minimum absolute atomic E-state index is 0.0506. The van der Waals surface area contributed by atoms with Crippen LogP contribution in [-0.2, 0) is 9.53 Å². The van der Waals surface area contributed by atoms with E-state index in [1.165, 1.54) is 19.2 Å². The molecule has 20 heavy (non-hydrogen) atoms. The predicted molar refractivity (Wildman–Crippen MR) is 75.9 cm³/mol. The minimum atomic E-state index is -0.243. The number of hydrogen-bond donors (Lipinski definition) is 1. The molecule has 1 aliphatic heterocycles. The van der Waals surface area contributed by atoms with Crippen molar-refractivity contribution in [1.29, 1.82) is 0 Å². The standard InChI is InChI=1S/C15H21FN2O2/c1-20-15(19)6-5-11-7-13(17)10-18(9-11)14-4-2-3-12(16)8-14/h2-4,8,11,13H,5-7,9-10,17H2,1H3. The van der Waals surface area contributed by atoms with Gasteiger partial charge in [-0.3, -0.25) is 4.79 Å². The normalized spacial score (nSPS) is 22.6. The lowest BCUT2D eigenvalue weighted by molar-refractivity contribution is -0.140. The molecular weight excluding hydrogens is 259 g/mol. The van der Waals surface area contributed by atoms with E-state index < -0.39 is 0 Å². The van der Waals surface area contributed by atoms with E-state index in [0.29, 0.717) is 12.3 Å². The second-order valence-electron chi connectivity index (χ2n) is 5.36. The van der Waals surface area contributed by atoms with Crippen molar-refractivity contribution in [1.82, 2.24) is 0 Å². The van der Waals surface area contributed by atoms with E-state index in [1.54, 1.807) is 6.07 Å². The molecule has 2 N–H and O–H groups in total. The number of hydrogen-bond acceptors (Lipinski definition) is 4. The van der Waals surface area contributed by atoms with Gasteiger partial charge in [-0.15, -0.1) is 0 Å². The van der Waals surface area contributed by atoms with Crippen LogP contribution in [-0.4, -0.2) is 32.2 Å². The van der Waals surface area contributed by atoms with Gasteiger partial charge >= 0.3 is 5.97 Å². The van der Waals surface area contributed by atoms with Crippen LogP contribution in [0, 0.1) is 11.7 Å². The van der Waals surface area contributed by atoms with Crippen molar-refractivity contribution in [2.24, 2.45) is 11.7 Å². The highest BCUT2D eigenvalue weighted by Gasteiger charge is 2.25. The molecule has 1 aromatic carbocycles. The smallest absolute Gasteiger partial charge is 0.305 e. The fraction of sp³-hybridized carbons (Fsp3) is 0.533. The zero-order valence-corrected chi connectivity index (χ0v) is 11.7. The number of nitrogens with zero attached hydrogens (tertiary/aromatic N) is 1. The number of methoxy groups -OCH3 is 1. The molecule has 1 heterocycles. The zero-order valence-electron chi connectivity index (χ0n) is 11.7. The lowest BCUT2D eigenvalue weighted by Crippen LogP contribution is -2.47. The van der Waals surface area contributed by atoms with Crippen molar-refractivity contribution in [2.45, 2.75) is 25.3 Å². The maximum absolute atomic E-state index is 13.3. The summed E-state index contributed by atoms with van der Waals surface area (Å²) in [5, 5.41) is 0. The first-order valence-corrected chi connectivity index (χ1v) is 6.91. The molecule has 2 atom stereocenters. The lowest BCUT2D eigenvalue weighted by atomic mass is 9.90. The first-order valence-electron chi connectivity index (χ1n) is 6.91. The second-order valence-corrected chi connectivity index (χ2v) is 5.36. The molecule has 0 aromatic heterocycles. The Hall–Kier alpha value is -1.62.